The number of thiazole rings is 1. The molecule has 10 nitrogen and oxygen atoms in total. The minimum atomic E-state index is -1.11. The number of anilines is 1. The summed E-state index contributed by atoms with van der Waals surface area (Å²) in [6.07, 6.45) is 1.71. The number of aliphatic carboxylic acids is 1. The van der Waals surface area contributed by atoms with Gasteiger partial charge in [0.15, 0.2) is 22.9 Å². The molecule has 2 heterocycles. The highest BCUT2D eigenvalue weighted by Crippen LogP contribution is 2.34. The number of nitrogens with zero attached hydrogens (tertiary/aromatic N) is 2. The molecule has 0 bridgehead atoms. The largest absolute Gasteiger partial charge is 0.496 e. The molecular formula is C33H31N3O7S. The van der Waals surface area contributed by atoms with Crippen LogP contribution in [0.3, 0.4) is 0 Å². The number of hydrogen-bond acceptors (Lipinski definition) is 8. The van der Waals surface area contributed by atoms with Crippen molar-refractivity contribution in [1.82, 2.24) is 4.57 Å². The number of ether oxygens (including phenoxy) is 3. The lowest BCUT2D eigenvalue weighted by Gasteiger charge is -2.26. The molecule has 3 aromatic carbocycles. The number of rotatable bonds is 10. The Morgan fingerprint density at radius 2 is 1.80 bits per heavy atom. The maximum absolute atomic E-state index is 14.1. The smallest absolute Gasteiger partial charge is 0.341 e. The highest BCUT2D eigenvalue weighted by Gasteiger charge is 2.33. The number of methoxy groups -OCH3 is 1. The van der Waals surface area contributed by atoms with Crippen molar-refractivity contribution in [3.63, 3.8) is 0 Å². The first-order valence-electron chi connectivity index (χ1n) is 13.8. The molecule has 5 rings (SSSR count). The average Bonchev–Trinajstić information content (AvgIpc) is 3.30. The zero-order valence-electron chi connectivity index (χ0n) is 24.6. The van der Waals surface area contributed by atoms with Crippen LogP contribution in [-0.4, -0.2) is 41.9 Å². The number of carbonyl (C=O) groups is 2. The lowest BCUT2D eigenvalue weighted by atomic mass is 9.94. The van der Waals surface area contributed by atoms with E-state index in [1.54, 1.807) is 61.9 Å². The summed E-state index contributed by atoms with van der Waals surface area (Å²) in [5.41, 5.74) is 3.40. The molecule has 1 aromatic heterocycles. The Bertz CT molecular complexity index is 1940. The summed E-state index contributed by atoms with van der Waals surface area (Å²) in [5, 5.41) is 11.9. The van der Waals surface area contributed by atoms with Gasteiger partial charge < -0.3 is 24.6 Å². The first kappa shape index (κ1) is 30.3. The van der Waals surface area contributed by atoms with Gasteiger partial charge in [-0.2, -0.15) is 0 Å². The lowest BCUT2D eigenvalue weighted by Crippen LogP contribution is -2.40. The zero-order valence-corrected chi connectivity index (χ0v) is 25.4. The molecule has 11 heteroatoms. The van der Waals surface area contributed by atoms with E-state index in [1.165, 1.54) is 11.3 Å². The van der Waals surface area contributed by atoms with Gasteiger partial charge in [-0.1, -0.05) is 47.7 Å². The van der Waals surface area contributed by atoms with Crippen LogP contribution in [0.15, 0.2) is 87.8 Å². The van der Waals surface area contributed by atoms with Gasteiger partial charge in [-0.15, -0.1) is 0 Å². The van der Waals surface area contributed by atoms with Crippen LogP contribution < -0.4 is 34.4 Å². The number of aromatic nitrogens is 1. The molecule has 0 fully saturated rings. The van der Waals surface area contributed by atoms with Crippen molar-refractivity contribution in [2.24, 2.45) is 4.99 Å². The van der Waals surface area contributed by atoms with Crippen LogP contribution in [0.5, 0.6) is 17.2 Å². The van der Waals surface area contributed by atoms with Crippen molar-refractivity contribution >= 4 is 35.0 Å². The first-order valence-corrected chi connectivity index (χ1v) is 14.7. The van der Waals surface area contributed by atoms with Crippen LogP contribution in [0.2, 0.25) is 0 Å². The van der Waals surface area contributed by atoms with Crippen molar-refractivity contribution < 1.29 is 28.9 Å². The predicted molar refractivity (Wildman–Crippen MR) is 167 cm³/mol. The van der Waals surface area contributed by atoms with E-state index in [0.717, 1.165) is 5.56 Å². The van der Waals surface area contributed by atoms with Gasteiger partial charge >= 0.3 is 5.97 Å². The molecule has 1 unspecified atom stereocenters. The normalized spacial score (nSPS) is 14.5. The van der Waals surface area contributed by atoms with Crippen LogP contribution >= 0.6 is 11.3 Å². The van der Waals surface area contributed by atoms with Crippen molar-refractivity contribution in [2.75, 3.05) is 25.6 Å². The molecule has 1 amide bonds. The molecule has 0 radical (unpaired) electrons. The third-order valence-corrected chi connectivity index (χ3v) is 7.95. The summed E-state index contributed by atoms with van der Waals surface area (Å²) in [7, 11) is 1.58. The van der Waals surface area contributed by atoms with Gasteiger partial charge in [-0.25, -0.2) is 9.79 Å². The van der Waals surface area contributed by atoms with Crippen molar-refractivity contribution in [2.45, 2.75) is 26.8 Å². The Labute approximate surface area is 257 Å². The lowest BCUT2D eigenvalue weighted by molar-refractivity contribution is -0.139. The van der Waals surface area contributed by atoms with E-state index in [0.29, 0.717) is 55.5 Å². The van der Waals surface area contributed by atoms with E-state index in [1.807, 2.05) is 43.3 Å². The number of fused-ring (bicyclic) bond motifs is 1. The Morgan fingerprint density at radius 3 is 2.50 bits per heavy atom. The standard InChI is InChI=1S/C33H31N3O7S/c1-5-42-26-15-21(12-14-24(26)43-18-28(37)38)16-27-32(40)36-30(22-13-11-19(2)25(17-22)41-4)29(20(3)34-33(36)44-27)31(39)35-23-9-7-6-8-10-23/h6-17,30H,5,18H2,1-4H3,(H,35,39)(H,37,38)/b27-16-. The number of hydrogen-bond donors (Lipinski definition) is 2. The summed E-state index contributed by atoms with van der Waals surface area (Å²) in [4.78, 5) is 44.0. The van der Waals surface area contributed by atoms with Crippen molar-refractivity contribution in [1.29, 1.82) is 0 Å². The van der Waals surface area contributed by atoms with E-state index < -0.39 is 18.6 Å². The van der Waals surface area contributed by atoms with E-state index in [4.69, 9.17) is 24.3 Å². The summed E-state index contributed by atoms with van der Waals surface area (Å²) in [5.74, 6) is -0.197. The number of allylic oxidation sites excluding steroid dienone is 1. The molecule has 0 saturated carbocycles. The molecule has 226 valence electrons. The number of benzene rings is 3. The van der Waals surface area contributed by atoms with E-state index in [9.17, 15) is 14.4 Å². The molecule has 0 aliphatic carbocycles. The number of para-hydroxylation sites is 1. The number of amides is 1. The Balaban J connectivity index is 1.64. The second-order valence-corrected chi connectivity index (χ2v) is 11.0. The quantitative estimate of drug-likeness (QED) is 0.276. The minimum Gasteiger partial charge on any atom is -0.496 e. The van der Waals surface area contributed by atoms with Gasteiger partial charge in [-0.05, 0) is 73.9 Å². The van der Waals surface area contributed by atoms with Gasteiger partial charge in [0, 0.05) is 5.69 Å². The van der Waals surface area contributed by atoms with Crippen LogP contribution in [0.4, 0.5) is 5.69 Å². The van der Waals surface area contributed by atoms with Crippen molar-refractivity contribution in [3.8, 4) is 17.2 Å². The average molecular weight is 614 g/mol. The summed E-state index contributed by atoms with van der Waals surface area (Å²) < 4.78 is 18.5. The van der Waals surface area contributed by atoms with Crippen LogP contribution in [0.1, 0.15) is 36.6 Å². The van der Waals surface area contributed by atoms with Gasteiger partial charge in [-0.3, -0.25) is 14.2 Å². The maximum atomic E-state index is 14.1. The molecule has 2 N–H and O–H groups in total. The van der Waals surface area contributed by atoms with E-state index in [2.05, 4.69) is 5.32 Å². The van der Waals surface area contributed by atoms with E-state index in [-0.39, 0.29) is 17.2 Å². The van der Waals surface area contributed by atoms with Gasteiger partial charge in [0.25, 0.3) is 11.5 Å². The molecular weight excluding hydrogens is 582 g/mol. The topological polar surface area (TPSA) is 128 Å². The second-order valence-electron chi connectivity index (χ2n) is 9.95. The molecule has 0 saturated heterocycles. The summed E-state index contributed by atoms with van der Waals surface area (Å²) in [6, 6.07) is 19.0. The molecule has 4 aromatic rings. The van der Waals surface area contributed by atoms with Gasteiger partial charge in [0.1, 0.15) is 5.75 Å². The molecule has 1 atom stereocenters. The summed E-state index contributed by atoms with van der Waals surface area (Å²) in [6.45, 7) is 5.31. The molecule has 1 aliphatic rings. The summed E-state index contributed by atoms with van der Waals surface area (Å²) >= 11 is 1.21. The number of carbonyl (C=O) groups excluding carboxylic acids is 1. The monoisotopic (exact) mass is 613 g/mol. The fourth-order valence-electron chi connectivity index (χ4n) is 4.95. The minimum absolute atomic E-state index is 0.283. The van der Waals surface area contributed by atoms with Crippen molar-refractivity contribution in [3.05, 3.63) is 114 Å². The van der Waals surface area contributed by atoms with Crippen LogP contribution in [0, 0.1) is 6.92 Å². The van der Waals surface area contributed by atoms with E-state index >= 15 is 0 Å². The van der Waals surface area contributed by atoms with Crippen LogP contribution in [-0.2, 0) is 9.59 Å². The zero-order chi connectivity index (χ0) is 31.4. The second kappa shape index (κ2) is 13.0. The fourth-order valence-corrected chi connectivity index (χ4v) is 5.99. The molecule has 0 spiro atoms. The van der Waals surface area contributed by atoms with Gasteiger partial charge in [0.05, 0.1) is 35.6 Å². The third kappa shape index (κ3) is 6.28. The SMILES string of the molecule is CCOc1cc(/C=c2\sc3n(c2=O)C(c2ccc(C)c(OC)c2)C(C(=O)Nc2ccccc2)=C(C)N=3)ccc1OCC(=O)O. The highest BCUT2D eigenvalue weighted by atomic mass is 32.1. The Morgan fingerprint density at radius 1 is 1.02 bits per heavy atom. The number of nitrogens with one attached hydrogen (secondary N) is 1. The predicted octanol–water partition coefficient (Wildman–Crippen LogP) is 4.05. The molecule has 1 aliphatic heterocycles. The Kier molecular flexibility index (Phi) is 8.96. The first-order chi connectivity index (χ1) is 21.2. The Hall–Kier alpha value is -5.16. The number of aryl methyl sites for hydroxylation is 1. The molecule has 44 heavy (non-hydrogen) atoms. The number of carboxylic acid groups (broad SMARTS) is 1. The van der Waals surface area contributed by atoms with Crippen LogP contribution in [0.25, 0.3) is 6.08 Å². The highest BCUT2D eigenvalue weighted by molar-refractivity contribution is 7.07. The van der Waals surface area contributed by atoms with Gasteiger partial charge in [0.2, 0.25) is 0 Å². The number of carboxylic acids is 1. The third-order valence-electron chi connectivity index (χ3n) is 6.96. The maximum Gasteiger partial charge on any atom is 0.341 e. The fraction of sp³-hybridized carbons (Fsp3) is 0.212.